The second-order valence-electron chi connectivity index (χ2n) is 4.50. The predicted octanol–water partition coefficient (Wildman–Crippen LogP) is 3.38. The van der Waals surface area contributed by atoms with Gasteiger partial charge in [-0.3, -0.25) is 0 Å². The fraction of sp³-hybridized carbons (Fsp3) is 0.214. The molecule has 1 aromatic carbocycles. The van der Waals surface area contributed by atoms with Gasteiger partial charge in [0.15, 0.2) is 0 Å². The van der Waals surface area contributed by atoms with E-state index in [2.05, 4.69) is 55.7 Å². The van der Waals surface area contributed by atoms with Crippen molar-refractivity contribution >= 4 is 38.3 Å². The summed E-state index contributed by atoms with van der Waals surface area (Å²) in [4.78, 5) is 18.2. The molecular weight excluding hydrogens is 338 g/mol. The molecule has 20 heavy (non-hydrogen) atoms. The summed E-state index contributed by atoms with van der Waals surface area (Å²) in [5.41, 5.74) is 2.58. The number of halogens is 1. The summed E-state index contributed by atoms with van der Waals surface area (Å²) < 4.78 is 0.986. The first-order chi connectivity index (χ1) is 9.69. The first kappa shape index (κ1) is 13.6. The molecule has 3 rings (SSSR count). The highest BCUT2D eigenvalue weighted by Gasteiger charge is 2.18. The van der Waals surface area contributed by atoms with E-state index in [9.17, 15) is 4.79 Å². The van der Waals surface area contributed by atoms with E-state index in [-0.39, 0.29) is 11.7 Å². The molecule has 1 atom stereocenters. The average Bonchev–Trinajstić information content (AvgIpc) is 3.03. The van der Waals surface area contributed by atoms with Crippen molar-refractivity contribution in [3.63, 3.8) is 0 Å². The number of fused-ring (bicyclic) bond motifs is 1. The quantitative estimate of drug-likeness (QED) is 0.674. The molecule has 4 nitrogen and oxygen atoms in total. The first-order valence-corrected chi connectivity index (χ1v) is 8.04. The molecule has 0 saturated heterocycles. The maximum Gasteiger partial charge on any atom is 0.323 e. The van der Waals surface area contributed by atoms with Crippen LogP contribution in [0.4, 0.5) is 0 Å². The van der Waals surface area contributed by atoms with Crippen molar-refractivity contribution in [2.75, 3.05) is 6.54 Å². The van der Waals surface area contributed by atoms with E-state index in [1.54, 1.807) is 11.3 Å². The molecule has 3 aromatic rings. The van der Waals surface area contributed by atoms with Crippen molar-refractivity contribution in [2.24, 2.45) is 0 Å². The van der Waals surface area contributed by atoms with Crippen LogP contribution in [0.5, 0.6) is 0 Å². The van der Waals surface area contributed by atoms with Crippen molar-refractivity contribution in [3.05, 3.63) is 55.0 Å². The van der Waals surface area contributed by atoms with Gasteiger partial charge in [-0.1, -0.05) is 28.9 Å². The molecule has 6 heteroatoms. The van der Waals surface area contributed by atoms with E-state index in [1.165, 1.54) is 4.88 Å². The lowest BCUT2D eigenvalue weighted by molar-refractivity contribution is 0.638. The number of H-pyrrole nitrogens is 2. The minimum absolute atomic E-state index is 0.122. The van der Waals surface area contributed by atoms with Crippen molar-refractivity contribution in [1.82, 2.24) is 15.3 Å². The van der Waals surface area contributed by atoms with Gasteiger partial charge >= 0.3 is 5.69 Å². The molecular formula is C14H14BrN3OS. The number of hydrogen-bond donors (Lipinski definition) is 3. The van der Waals surface area contributed by atoms with Crippen molar-refractivity contribution in [3.8, 4) is 0 Å². The van der Waals surface area contributed by atoms with Gasteiger partial charge in [-0.15, -0.1) is 11.3 Å². The number of hydrogen-bond acceptors (Lipinski definition) is 3. The Labute approximate surface area is 128 Å². The number of rotatable bonds is 4. The summed E-state index contributed by atoms with van der Waals surface area (Å²) in [5, 5.41) is 5.57. The second-order valence-corrected chi connectivity index (χ2v) is 6.34. The fourth-order valence-corrected chi connectivity index (χ4v) is 3.71. The normalized spacial score (nSPS) is 12.9. The van der Waals surface area contributed by atoms with Crippen LogP contribution < -0.4 is 11.0 Å². The Hall–Kier alpha value is -1.37. The highest BCUT2D eigenvalue weighted by Crippen LogP contribution is 2.33. The molecule has 2 heterocycles. The van der Waals surface area contributed by atoms with Crippen LogP contribution in [0.15, 0.2) is 38.9 Å². The largest absolute Gasteiger partial charge is 0.323 e. The number of benzene rings is 1. The average molecular weight is 352 g/mol. The van der Waals surface area contributed by atoms with Crippen molar-refractivity contribution < 1.29 is 0 Å². The summed E-state index contributed by atoms with van der Waals surface area (Å²) in [5.74, 6) is 0. The van der Waals surface area contributed by atoms with Crippen LogP contribution in [0, 0.1) is 0 Å². The van der Waals surface area contributed by atoms with Gasteiger partial charge < -0.3 is 15.3 Å². The van der Waals surface area contributed by atoms with E-state index in [0.29, 0.717) is 0 Å². The SMILES string of the molecule is CCNC(c1cccs1)c1cc2[nH]c(=O)[nH]c2cc1Br. The van der Waals surface area contributed by atoms with Crippen LogP contribution in [0.25, 0.3) is 11.0 Å². The Kier molecular flexibility index (Phi) is 3.78. The zero-order valence-electron chi connectivity index (χ0n) is 10.9. The molecule has 0 aliphatic heterocycles. The lowest BCUT2D eigenvalue weighted by atomic mass is 10.0. The summed E-state index contributed by atoms with van der Waals surface area (Å²) in [6.45, 7) is 2.96. The van der Waals surface area contributed by atoms with E-state index in [4.69, 9.17) is 0 Å². The molecule has 0 saturated carbocycles. The molecule has 0 aliphatic carbocycles. The van der Waals surface area contributed by atoms with Crippen LogP contribution in [0.2, 0.25) is 0 Å². The maximum atomic E-state index is 11.4. The van der Waals surface area contributed by atoms with Crippen molar-refractivity contribution in [2.45, 2.75) is 13.0 Å². The Morgan fingerprint density at radius 1 is 1.35 bits per heavy atom. The molecule has 0 spiro atoms. The van der Waals surface area contributed by atoms with Gasteiger partial charge in [0.25, 0.3) is 0 Å². The molecule has 104 valence electrons. The zero-order valence-corrected chi connectivity index (χ0v) is 13.3. The molecule has 2 aromatic heterocycles. The van der Waals surface area contributed by atoms with Gasteiger partial charge in [0.2, 0.25) is 0 Å². The van der Waals surface area contributed by atoms with E-state index >= 15 is 0 Å². The lowest BCUT2D eigenvalue weighted by Gasteiger charge is -2.18. The van der Waals surface area contributed by atoms with E-state index in [1.807, 2.05) is 12.1 Å². The lowest BCUT2D eigenvalue weighted by Crippen LogP contribution is -2.21. The van der Waals surface area contributed by atoms with E-state index < -0.39 is 0 Å². The Morgan fingerprint density at radius 2 is 2.10 bits per heavy atom. The van der Waals surface area contributed by atoms with Crippen LogP contribution in [0.3, 0.4) is 0 Å². The highest BCUT2D eigenvalue weighted by molar-refractivity contribution is 9.10. The fourth-order valence-electron chi connectivity index (χ4n) is 2.32. The van der Waals surface area contributed by atoms with Gasteiger partial charge in [-0.05, 0) is 35.7 Å². The minimum atomic E-state index is -0.180. The van der Waals surface area contributed by atoms with Gasteiger partial charge in [0, 0.05) is 9.35 Å². The van der Waals surface area contributed by atoms with Gasteiger partial charge in [0.1, 0.15) is 0 Å². The topological polar surface area (TPSA) is 60.7 Å². The summed E-state index contributed by atoms with van der Waals surface area (Å²) in [6, 6.07) is 8.26. The van der Waals surface area contributed by atoms with Crippen LogP contribution in [-0.4, -0.2) is 16.5 Å². The Bertz CT molecular complexity index is 775. The molecule has 0 radical (unpaired) electrons. The van der Waals surface area contributed by atoms with Crippen LogP contribution in [-0.2, 0) is 0 Å². The summed E-state index contributed by atoms with van der Waals surface area (Å²) >= 11 is 5.33. The van der Waals surface area contributed by atoms with Gasteiger partial charge in [-0.2, -0.15) is 0 Å². The molecule has 1 unspecified atom stereocenters. The zero-order chi connectivity index (χ0) is 14.1. The molecule has 0 amide bonds. The maximum absolute atomic E-state index is 11.4. The third-order valence-corrected chi connectivity index (χ3v) is 4.80. The highest BCUT2D eigenvalue weighted by atomic mass is 79.9. The molecule has 3 N–H and O–H groups in total. The third-order valence-electron chi connectivity index (χ3n) is 3.18. The molecule has 0 aliphatic rings. The van der Waals surface area contributed by atoms with Gasteiger partial charge in [-0.25, -0.2) is 4.79 Å². The standard InChI is InChI=1S/C14H14BrN3OS/c1-2-16-13(12-4-3-5-20-12)8-6-10-11(7-9(8)15)18-14(19)17-10/h3-7,13,16H,2H2,1H3,(H2,17,18,19). The second kappa shape index (κ2) is 5.55. The van der Waals surface area contributed by atoms with Gasteiger partial charge in [0.05, 0.1) is 17.1 Å². The first-order valence-electron chi connectivity index (χ1n) is 6.37. The van der Waals surface area contributed by atoms with Crippen LogP contribution >= 0.6 is 27.3 Å². The Balaban J connectivity index is 2.14. The number of thiophene rings is 1. The predicted molar refractivity (Wildman–Crippen MR) is 86.5 cm³/mol. The monoisotopic (exact) mass is 351 g/mol. The number of nitrogens with one attached hydrogen (secondary N) is 3. The summed E-state index contributed by atoms with van der Waals surface area (Å²) in [6.07, 6.45) is 0. The number of aromatic nitrogens is 2. The number of imidazole rings is 1. The Morgan fingerprint density at radius 3 is 2.75 bits per heavy atom. The number of aromatic amines is 2. The molecule has 0 fully saturated rings. The molecule has 0 bridgehead atoms. The van der Waals surface area contributed by atoms with Crippen LogP contribution in [0.1, 0.15) is 23.4 Å². The van der Waals surface area contributed by atoms with E-state index in [0.717, 1.165) is 27.6 Å². The smallest absolute Gasteiger partial charge is 0.306 e. The minimum Gasteiger partial charge on any atom is -0.306 e. The summed E-state index contributed by atoms with van der Waals surface area (Å²) in [7, 11) is 0. The third kappa shape index (κ3) is 2.46. The van der Waals surface area contributed by atoms with Crippen molar-refractivity contribution in [1.29, 1.82) is 0 Å².